The number of aliphatic hydroxyl groups excluding tert-OH is 1. The number of aromatic carboxylic acids is 1. The summed E-state index contributed by atoms with van der Waals surface area (Å²) in [6.45, 7) is 0.388. The average Bonchev–Trinajstić information content (AvgIpc) is 2.84. The lowest BCUT2D eigenvalue weighted by Gasteiger charge is -2.07. The van der Waals surface area contributed by atoms with Crippen LogP contribution in [0.2, 0.25) is 0 Å². The number of carbonyl (C=O) groups is 1. The molecule has 7 nitrogen and oxygen atoms in total. The fourth-order valence-corrected chi connectivity index (χ4v) is 1.80. The van der Waals surface area contributed by atoms with E-state index in [1.54, 1.807) is 0 Å². The van der Waals surface area contributed by atoms with Crippen molar-refractivity contribution < 1.29 is 19.7 Å². The molecule has 1 heterocycles. The van der Waals surface area contributed by atoms with E-state index in [4.69, 9.17) is 14.9 Å². The number of aliphatic hydroxyl groups is 1. The van der Waals surface area contributed by atoms with E-state index >= 15 is 0 Å². The molecule has 20 heavy (non-hydrogen) atoms. The minimum absolute atomic E-state index is 0.102. The first-order valence-corrected chi connectivity index (χ1v) is 6.16. The molecule has 0 unspecified atom stereocenters. The van der Waals surface area contributed by atoms with Crippen LogP contribution in [0.1, 0.15) is 16.2 Å². The number of carboxylic acid groups (broad SMARTS) is 1. The second-order valence-electron chi connectivity index (χ2n) is 4.05. The van der Waals surface area contributed by atoms with E-state index < -0.39 is 5.97 Å². The van der Waals surface area contributed by atoms with Crippen molar-refractivity contribution in [3.63, 3.8) is 0 Å². The molecule has 0 spiro atoms. The number of carboxylic acids is 1. The third kappa shape index (κ3) is 3.33. The van der Waals surface area contributed by atoms with E-state index in [0.29, 0.717) is 24.5 Å². The molecule has 0 amide bonds. The Balaban J connectivity index is 2.04. The van der Waals surface area contributed by atoms with Gasteiger partial charge in [0.05, 0.1) is 25.5 Å². The highest BCUT2D eigenvalue weighted by atomic mass is 16.5. The van der Waals surface area contributed by atoms with E-state index in [-0.39, 0.29) is 18.8 Å². The average molecular weight is 277 g/mol. The van der Waals surface area contributed by atoms with Gasteiger partial charge in [0.15, 0.2) is 5.69 Å². The van der Waals surface area contributed by atoms with E-state index in [1.165, 1.54) is 4.68 Å². The van der Waals surface area contributed by atoms with Gasteiger partial charge in [0.1, 0.15) is 5.75 Å². The number of rotatable bonds is 7. The van der Waals surface area contributed by atoms with Crippen LogP contribution in [0.15, 0.2) is 30.3 Å². The summed E-state index contributed by atoms with van der Waals surface area (Å²) in [6, 6.07) is 9.24. The molecule has 2 aromatic rings. The van der Waals surface area contributed by atoms with Gasteiger partial charge in [-0.1, -0.05) is 23.4 Å². The molecular weight excluding hydrogens is 262 g/mol. The molecule has 0 saturated heterocycles. The third-order valence-corrected chi connectivity index (χ3v) is 2.70. The molecule has 0 aliphatic carbocycles. The molecule has 0 bridgehead atoms. The normalized spacial score (nSPS) is 10.4. The fraction of sp³-hybridized carbons (Fsp3) is 0.308. The van der Waals surface area contributed by atoms with Crippen molar-refractivity contribution in [2.75, 3.05) is 13.2 Å². The minimum Gasteiger partial charge on any atom is -0.493 e. The molecular formula is C13H15N3O4. The van der Waals surface area contributed by atoms with Crippen molar-refractivity contribution in [2.45, 2.75) is 13.0 Å². The van der Waals surface area contributed by atoms with E-state index in [0.717, 1.165) is 0 Å². The standard InChI is InChI=1S/C13H15N3O4/c17-8-7-16-11(12(13(18)19)14-15-16)6-9-20-10-4-2-1-3-5-10/h1-5,17H,6-9H2,(H,18,19). The molecule has 0 fully saturated rings. The number of hydrogen-bond acceptors (Lipinski definition) is 5. The fourth-order valence-electron chi connectivity index (χ4n) is 1.80. The number of ether oxygens (including phenoxy) is 1. The van der Waals surface area contributed by atoms with Crippen LogP contribution in [-0.4, -0.2) is 44.4 Å². The van der Waals surface area contributed by atoms with Crippen LogP contribution in [0.4, 0.5) is 0 Å². The lowest BCUT2D eigenvalue weighted by molar-refractivity contribution is 0.0688. The van der Waals surface area contributed by atoms with Gasteiger partial charge in [-0.25, -0.2) is 9.48 Å². The molecule has 2 N–H and O–H groups in total. The first-order valence-electron chi connectivity index (χ1n) is 6.16. The molecule has 7 heteroatoms. The van der Waals surface area contributed by atoms with Crippen molar-refractivity contribution in [3.05, 3.63) is 41.7 Å². The largest absolute Gasteiger partial charge is 0.493 e. The summed E-state index contributed by atoms with van der Waals surface area (Å²) in [6.07, 6.45) is 0.351. The Morgan fingerprint density at radius 2 is 2.05 bits per heavy atom. The molecule has 0 atom stereocenters. The second-order valence-corrected chi connectivity index (χ2v) is 4.05. The van der Waals surface area contributed by atoms with Gasteiger partial charge in [-0.3, -0.25) is 0 Å². The van der Waals surface area contributed by atoms with Gasteiger partial charge in [-0.15, -0.1) is 5.10 Å². The number of nitrogens with zero attached hydrogens (tertiary/aromatic N) is 3. The van der Waals surface area contributed by atoms with Gasteiger partial charge in [-0.05, 0) is 12.1 Å². The number of aromatic nitrogens is 3. The smallest absolute Gasteiger partial charge is 0.358 e. The van der Waals surface area contributed by atoms with Crippen molar-refractivity contribution in [1.82, 2.24) is 15.0 Å². The van der Waals surface area contributed by atoms with Crippen molar-refractivity contribution in [2.24, 2.45) is 0 Å². The van der Waals surface area contributed by atoms with Gasteiger partial charge in [0.2, 0.25) is 0 Å². The predicted octanol–water partition coefficient (Wildman–Crippen LogP) is 0.590. The van der Waals surface area contributed by atoms with Crippen LogP contribution in [0, 0.1) is 0 Å². The summed E-state index contributed by atoms with van der Waals surface area (Å²) in [7, 11) is 0. The predicted molar refractivity (Wildman–Crippen MR) is 69.7 cm³/mol. The Morgan fingerprint density at radius 1 is 1.30 bits per heavy atom. The minimum atomic E-state index is -1.14. The van der Waals surface area contributed by atoms with Gasteiger partial charge >= 0.3 is 5.97 Å². The second kappa shape index (κ2) is 6.67. The summed E-state index contributed by atoms with van der Waals surface area (Å²) in [4.78, 5) is 11.1. The maximum atomic E-state index is 11.1. The number of hydrogen-bond donors (Lipinski definition) is 2. The van der Waals surface area contributed by atoms with Crippen LogP contribution in [0.25, 0.3) is 0 Å². The van der Waals surface area contributed by atoms with Crippen LogP contribution >= 0.6 is 0 Å². The zero-order valence-corrected chi connectivity index (χ0v) is 10.8. The maximum Gasteiger partial charge on any atom is 0.358 e. The Morgan fingerprint density at radius 3 is 2.70 bits per heavy atom. The van der Waals surface area contributed by atoms with Gasteiger partial charge < -0.3 is 14.9 Å². The summed E-state index contributed by atoms with van der Waals surface area (Å²) >= 11 is 0. The first kappa shape index (κ1) is 14.0. The molecule has 1 aromatic heterocycles. The molecule has 1 aromatic carbocycles. The van der Waals surface area contributed by atoms with Crippen molar-refractivity contribution >= 4 is 5.97 Å². The quantitative estimate of drug-likeness (QED) is 0.768. The summed E-state index contributed by atoms with van der Waals surface area (Å²) in [5.74, 6) is -0.422. The Bertz CT molecular complexity index is 568. The maximum absolute atomic E-state index is 11.1. The van der Waals surface area contributed by atoms with E-state index in [2.05, 4.69) is 10.3 Å². The van der Waals surface area contributed by atoms with Crippen LogP contribution in [-0.2, 0) is 13.0 Å². The van der Waals surface area contributed by atoms with Crippen LogP contribution in [0.3, 0.4) is 0 Å². The number of para-hydroxylation sites is 1. The van der Waals surface area contributed by atoms with Gasteiger partial charge in [-0.2, -0.15) is 0 Å². The highest BCUT2D eigenvalue weighted by Gasteiger charge is 2.18. The van der Waals surface area contributed by atoms with Crippen molar-refractivity contribution in [3.8, 4) is 5.75 Å². The molecule has 0 saturated carbocycles. The van der Waals surface area contributed by atoms with Crippen LogP contribution in [0.5, 0.6) is 5.75 Å². The summed E-state index contributed by atoms with van der Waals surface area (Å²) < 4.78 is 6.91. The summed E-state index contributed by atoms with van der Waals surface area (Å²) in [5.41, 5.74) is 0.345. The Labute approximate surface area is 115 Å². The highest BCUT2D eigenvalue weighted by Crippen LogP contribution is 2.11. The SMILES string of the molecule is O=C(O)c1nnn(CCO)c1CCOc1ccccc1. The lowest BCUT2D eigenvalue weighted by atomic mass is 10.2. The highest BCUT2D eigenvalue weighted by molar-refractivity contribution is 5.86. The molecule has 0 aliphatic heterocycles. The van der Waals surface area contributed by atoms with E-state index in [9.17, 15) is 4.79 Å². The lowest BCUT2D eigenvalue weighted by Crippen LogP contribution is -2.14. The monoisotopic (exact) mass is 277 g/mol. The molecule has 2 rings (SSSR count). The first-order chi connectivity index (χ1) is 9.72. The molecule has 0 radical (unpaired) electrons. The van der Waals surface area contributed by atoms with Crippen molar-refractivity contribution in [1.29, 1.82) is 0 Å². The van der Waals surface area contributed by atoms with E-state index in [1.807, 2.05) is 30.3 Å². The molecule has 106 valence electrons. The molecule has 0 aliphatic rings. The van der Waals surface area contributed by atoms with Crippen LogP contribution < -0.4 is 4.74 Å². The Hall–Kier alpha value is -2.41. The topological polar surface area (TPSA) is 97.5 Å². The zero-order valence-electron chi connectivity index (χ0n) is 10.8. The zero-order chi connectivity index (χ0) is 14.4. The third-order valence-electron chi connectivity index (χ3n) is 2.70. The summed E-state index contributed by atoms with van der Waals surface area (Å²) in [5, 5.41) is 25.3. The Kier molecular flexibility index (Phi) is 4.67. The number of benzene rings is 1. The van der Waals surface area contributed by atoms with Gasteiger partial charge in [0, 0.05) is 6.42 Å². The van der Waals surface area contributed by atoms with Gasteiger partial charge in [0.25, 0.3) is 0 Å².